The summed E-state index contributed by atoms with van der Waals surface area (Å²) in [5.41, 5.74) is 3.67. The van der Waals surface area contributed by atoms with E-state index in [1.54, 1.807) is 0 Å². The van der Waals surface area contributed by atoms with Crippen LogP contribution in [-0.2, 0) is 6.42 Å². The van der Waals surface area contributed by atoms with Gasteiger partial charge in [0.05, 0.1) is 6.54 Å². The van der Waals surface area contributed by atoms with Gasteiger partial charge in [0, 0.05) is 32.5 Å². The molecule has 5 heteroatoms. The van der Waals surface area contributed by atoms with Gasteiger partial charge in [-0.2, -0.15) is 0 Å². The summed E-state index contributed by atoms with van der Waals surface area (Å²) in [6.07, 6.45) is 4.66. The summed E-state index contributed by atoms with van der Waals surface area (Å²) in [5.74, 6) is 1.85. The first-order valence-electron chi connectivity index (χ1n) is 9.19. The quantitative estimate of drug-likeness (QED) is 0.584. The fourth-order valence-corrected chi connectivity index (χ4v) is 2.65. The number of aromatic nitrogens is 1. The minimum atomic E-state index is 0.620. The summed E-state index contributed by atoms with van der Waals surface area (Å²) in [6.45, 7) is 9.22. The van der Waals surface area contributed by atoms with Crippen LogP contribution in [-0.4, -0.2) is 49.1 Å². The Bertz CT molecular complexity index is 715. The smallest absolute Gasteiger partial charge is 0.193 e. The summed E-state index contributed by atoms with van der Waals surface area (Å²) in [4.78, 5) is 11.0. The molecule has 5 nitrogen and oxygen atoms in total. The summed E-state index contributed by atoms with van der Waals surface area (Å²) in [7, 11) is 2.04. The van der Waals surface area contributed by atoms with Crippen molar-refractivity contribution in [3.63, 3.8) is 0 Å². The second kappa shape index (κ2) is 10.4. The number of nitrogens with zero attached hydrogens (tertiary/aromatic N) is 3. The summed E-state index contributed by atoms with van der Waals surface area (Å²) in [6, 6.07) is 10.2. The van der Waals surface area contributed by atoms with Crippen molar-refractivity contribution in [3.8, 4) is 5.75 Å². The predicted octanol–water partition coefficient (Wildman–Crippen LogP) is 3.22. The van der Waals surface area contributed by atoms with Gasteiger partial charge in [0.25, 0.3) is 0 Å². The van der Waals surface area contributed by atoms with Gasteiger partial charge in [0.15, 0.2) is 5.96 Å². The van der Waals surface area contributed by atoms with Crippen molar-refractivity contribution in [2.45, 2.75) is 27.2 Å². The van der Waals surface area contributed by atoms with Crippen LogP contribution in [0.5, 0.6) is 5.75 Å². The van der Waals surface area contributed by atoms with Gasteiger partial charge < -0.3 is 15.0 Å². The van der Waals surface area contributed by atoms with Crippen LogP contribution in [0.2, 0.25) is 0 Å². The molecule has 0 unspecified atom stereocenters. The number of ether oxygens (including phenoxy) is 1. The van der Waals surface area contributed by atoms with Crippen molar-refractivity contribution in [2.24, 2.45) is 4.99 Å². The Hall–Kier alpha value is -2.56. The molecule has 0 bridgehead atoms. The van der Waals surface area contributed by atoms with Gasteiger partial charge in [-0.3, -0.25) is 9.98 Å². The van der Waals surface area contributed by atoms with Crippen LogP contribution >= 0.6 is 0 Å². The second-order valence-electron chi connectivity index (χ2n) is 6.32. The molecule has 2 rings (SSSR count). The van der Waals surface area contributed by atoms with E-state index in [1.165, 1.54) is 11.1 Å². The fraction of sp³-hybridized carbons (Fsp3) is 0.429. The number of benzene rings is 1. The van der Waals surface area contributed by atoms with Crippen LogP contribution in [0.25, 0.3) is 0 Å². The molecule has 1 aromatic carbocycles. The first kappa shape index (κ1) is 19.8. The van der Waals surface area contributed by atoms with Crippen molar-refractivity contribution < 1.29 is 4.74 Å². The zero-order valence-electron chi connectivity index (χ0n) is 16.3. The zero-order chi connectivity index (χ0) is 18.8. The zero-order valence-corrected chi connectivity index (χ0v) is 16.3. The molecular weight excluding hydrogens is 324 g/mol. The Labute approximate surface area is 157 Å². The normalized spacial score (nSPS) is 11.3. The van der Waals surface area contributed by atoms with Gasteiger partial charge in [0.1, 0.15) is 12.4 Å². The monoisotopic (exact) mass is 354 g/mol. The van der Waals surface area contributed by atoms with Crippen molar-refractivity contribution in [1.82, 2.24) is 15.2 Å². The number of hydrogen-bond acceptors (Lipinski definition) is 3. The van der Waals surface area contributed by atoms with Crippen molar-refractivity contribution >= 4 is 5.96 Å². The standard InChI is InChI=1S/C21H30N4O/c1-5-23-21(24-13-11-19-10-12-22-16-18(19)3)25(4)14-15-26-20-9-7-6-8-17(20)2/h6-10,12,16H,5,11,13-15H2,1-4H3,(H,23,24). The Kier molecular flexibility index (Phi) is 7.93. The van der Waals surface area contributed by atoms with Crippen LogP contribution in [0.3, 0.4) is 0 Å². The fourth-order valence-electron chi connectivity index (χ4n) is 2.65. The van der Waals surface area contributed by atoms with Gasteiger partial charge >= 0.3 is 0 Å². The molecule has 0 aliphatic carbocycles. The number of hydrogen-bond donors (Lipinski definition) is 1. The third kappa shape index (κ3) is 6.06. The molecular formula is C21H30N4O. The van der Waals surface area contributed by atoms with E-state index in [0.29, 0.717) is 6.61 Å². The lowest BCUT2D eigenvalue weighted by molar-refractivity contribution is 0.280. The first-order chi connectivity index (χ1) is 12.6. The van der Waals surface area contributed by atoms with Crippen LogP contribution in [0.1, 0.15) is 23.6 Å². The van der Waals surface area contributed by atoms with Crippen LogP contribution in [0.15, 0.2) is 47.7 Å². The summed E-state index contributed by atoms with van der Waals surface area (Å²) < 4.78 is 5.89. The highest BCUT2D eigenvalue weighted by Crippen LogP contribution is 2.15. The number of aryl methyl sites for hydroxylation is 2. The molecule has 0 radical (unpaired) electrons. The maximum atomic E-state index is 5.89. The molecule has 26 heavy (non-hydrogen) atoms. The number of rotatable bonds is 8. The molecule has 0 amide bonds. The minimum Gasteiger partial charge on any atom is -0.491 e. The highest BCUT2D eigenvalue weighted by Gasteiger charge is 2.06. The van der Waals surface area contributed by atoms with E-state index in [-0.39, 0.29) is 0 Å². The molecule has 0 aliphatic heterocycles. The Balaban J connectivity index is 1.86. The lowest BCUT2D eigenvalue weighted by Gasteiger charge is -2.22. The highest BCUT2D eigenvalue weighted by molar-refractivity contribution is 5.79. The molecule has 140 valence electrons. The number of aliphatic imine (C=N–C) groups is 1. The van der Waals surface area contributed by atoms with E-state index in [2.05, 4.69) is 48.1 Å². The second-order valence-corrected chi connectivity index (χ2v) is 6.32. The van der Waals surface area contributed by atoms with Gasteiger partial charge in [0.2, 0.25) is 0 Å². The molecule has 2 aromatic rings. The SMILES string of the molecule is CCNC(=NCCc1ccncc1C)N(C)CCOc1ccccc1C. The van der Waals surface area contributed by atoms with Gasteiger partial charge in [-0.05, 0) is 56.0 Å². The lowest BCUT2D eigenvalue weighted by atomic mass is 10.1. The Morgan fingerprint density at radius 3 is 2.73 bits per heavy atom. The first-order valence-corrected chi connectivity index (χ1v) is 9.19. The minimum absolute atomic E-state index is 0.620. The molecule has 1 N–H and O–H groups in total. The highest BCUT2D eigenvalue weighted by atomic mass is 16.5. The maximum Gasteiger partial charge on any atom is 0.193 e. The number of para-hydroxylation sites is 1. The molecule has 1 heterocycles. The van der Waals surface area contributed by atoms with E-state index >= 15 is 0 Å². The number of nitrogens with one attached hydrogen (secondary N) is 1. The van der Waals surface area contributed by atoms with E-state index in [0.717, 1.165) is 43.3 Å². The van der Waals surface area contributed by atoms with Gasteiger partial charge in [-0.15, -0.1) is 0 Å². The average Bonchev–Trinajstić information content (AvgIpc) is 2.64. The molecule has 0 saturated carbocycles. The summed E-state index contributed by atoms with van der Waals surface area (Å²) in [5, 5.41) is 3.35. The molecule has 0 fully saturated rings. The molecule has 0 atom stereocenters. The van der Waals surface area contributed by atoms with E-state index in [4.69, 9.17) is 9.73 Å². The largest absolute Gasteiger partial charge is 0.491 e. The van der Waals surface area contributed by atoms with Crippen LogP contribution < -0.4 is 10.1 Å². The summed E-state index contributed by atoms with van der Waals surface area (Å²) >= 11 is 0. The number of pyridine rings is 1. The van der Waals surface area contributed by atoms with Crippen molar-refractivity contribution in [2.75, 3.05) is 33.3 Å². The molecule has 0 saturated heterocycles. The van der Waals surface area contributed by atoms with E-state index < -0.39 is 0 Å². The lowest BCUT2D eigenvalue weighted by Crippen LogP contribution is -2.41. The molecule has 0 spiro atoms. The molecule has 1 aromatic heterocycles. The third-order valence-corrected chi connectivity index (χ3v) is 4.25. The van der Waals surface area contributed by atoms with E-state index in [9.17, 15) is 0 Å². The van der Waals surface area contributed by atoms with Gasteiger partial charge in [-0.25, -0.2) is 0 Å². The average molecular weight is 354 g/mol. The predicted molar refractivity (Wildman–Crippen MR) is 108 cm³/mol. The topological polar surface area (TPSA) is 49.8 Å². The Morgan fingerprint density at radius 1 is 1.19 bits per heavy atom. The van der Waals surface area contributed by atoms with Crippen molar-refractivity contribution in [1.29, 1.82) is 0 Å². The molecule has 0 aliphatic rings. The third-order valence-electron chi connectivity index (χ3n) is 4.25. The Morgan fingerprint density at radius 2 is 2.00 bits per heavy atom. The van der Waals surface area contributed by atoms with E-state index in [1.807, 2.05) is 37.6 Å². The van der Waals surface area contributed by atoms with Crippen LogP contribution in [0.4, 0.5) is 0 Å². The maximum absolute atomic E-state index is 5.89. The number of guanidine groups is 1. The van der Waals surface area contributed by atoms with Gasteiger partial charge in [-0.1, -0.05) is 18.2 Å². The van der Waals surface area contributed by atoms with Crippen molar-refractivity contribution in [3.05, 3.63) is 59.4 Å². The number of likely N-dealkylation sites (N-methyl/N-ethyl adjacent to an activating group) is 1. The van der Waals surface area contributed by atoms with Crippen LogP contribution in [0, 0.1) is 13.8 Å².